The van der Waals surface area contributed by atoms with Gasteiger partial charge < -0.3 is 5.32 Å². The second-order valence-electron chi connectivity index (χ2n) is 4.29. The Hall–Kier alpha value is -1.46. The van der Waals surface area contributed by atoms with Crippen molar-refractivity contribution in [3.05, 3.63) is 51.4 Å². The van der Waals surface area contributed by atoms with Crippen molar-refractivity contribution in [1.82, 2.24) is 9.97 Å². The zero-order valence-electron chi connectivity index (χ0n) is 10.3. The molecule has 0 fully saturated rings. The van der Waals surface area contributed by atoms with Crippen LogP contribution in [-0.4, -0.2) is 9.97 Å². The van der Waals surface area contributed by atoms with E-state index in [2.05, 4.69) is 49.6 Å². The van der Waals surface area contributed by atoms with Crippen molar-refractivity contribution < 1.29 is 0 Å². The molecule has 2 heterocycles. The number of nitrogens with one attached hydrogen (secondary N) is 1. The average molecular weight is 334 g/mol. The molecule has 0 saturated carbocycles. The van der Waals surface area contributed by atoms with Crippen LogP contribution in [0.25, 0.3) is 11.0 Å². The van der Waals surface area contributed by atoms with E-state index in [4.69, 9.17) is 0 Å². The van der Waals surface area contributed by atoms with E-state index in [0.717, 1.165) is 21.2 Å². The van der Waals surface area contributed by atoms with E-state index in [1.54, 1.807) is 23.7 Å². The van der Waals surface area contributed by atoms with Crippen LogP contribution in [0, 0.1) is 0 Å². The maximum atomic E-state index is 4.32. The van der Waals surface area contributed by atoms with Gasteiger partial charge in [0.2, 0.25) is 0 Å². The SMILES string of the molecule is CC(Nc1ccc2nccnc2c1)c1cc(Br)cs1. The Morgan fingerprint density at radius 2 is 1.95 bits per heavy atom. The predicted octanol–water partition coefficient (Wildman–Crippen LogP) is 4.63. The van der Waals surface area contributed by atoms with Crippen molar-refractivity contribution in [3.8, 4) is 0 Å². The molecule has 1 N–H and O–H groups in total. The first kappa shape index (κ1) is 12.6. The summed E-state index contributed by atoms with van der Waals surface area (Å²) in [5.41, 5.74) is 2.89. The molecule has 2 aromatic heterocycles. The fraction of sp³-hybridized carbons (Fsp3) is 0.143. The summed E-state index contributed by atoms with van der Waals surface area (Å²) < 4.78 is 1.13. The normalized spacial score (nSPS) is 12.5. The monoisotopic (exact) mass is 333 g/mol. The molecule has 0 saturated heterocycles. The zero-order chi connectivity index (χ0) is 13.2. The zero-order valence-corrected chi connectivity index (χ0v) is 12.7. The second kappa shape index (κ2) is 5.27. The van der Waals surface area contributed by atoms with Gasteiger partial charge in [0.15, 0.2) is 0 Å². The van der Waals surface area contributed by atoms with E-state index in [1.807, 2.05) is 18.2 Å². The van der Waals surface area contributed by atoms with E-state index in [1.165, 1.54) is 4.88 Å². The molecule has 5 heteroatoms. The molecule has 1 unspecified atom stereocenters. The van der Waals surface area contributed by atoms with Gasteiger partial charge in [0, 0.05) is 32.8 Å². The second-order valence-corrected chi connectivity index (χ2v) is 6.15. The molecule has 0 aliphatic carbocycles. The lowest BCUT2D eigenvalue weighted by molar-refractivity contribution is 0.908. The number of fused-ring (bicyclic) bond motifs is 1. The van der Waals surface area contributed by atoms with Gasteiger partial charge in [-0.15, -0.1) is 11.3 Å². The first-order chi connectivity index (χ1) is 9.22. The van der Waals surface area contributed by atoms with E-state index in [0.29, 0.717) is 0 Å². The molecular weight excluding hydrogens is 322 g/mol. The molecule has 0 bridgehead atoms. The standard InChI is InChI=1S/C14H12BrN3S/c1-9(14-6-10(15)8-19-14)18-11-2-3-12-13(7-11)17-5-4-16-12/h2-9,18H,1H3. The molecule has 3 rings (SSSR count). The van der Waals surface area contributed by atoms with Crippen LogP contribution >= 0.6 is 27.3 Å². The number of thiophene rings is 1. The lowest BCUT2D eigenvalue weighted by Gasteiger charge is -2.13. The van der Waals surface area contributed by atoms with Crippen LogP contribution < -0.4 is 5.32 Å². The minimum atomic E-state index is 0.269. The third-order valence-electron chi connectivity index (χ3n) is 2.87. The Morgan fingerprint density at radius 3 is 2.68 bits per heavy atom. The highest BCUT2D eigenvalue weighted by Gasteiger charge is 2.08. The summed E-state index contributed by atoms with van der Waals surface area (Å²) in [6.07, 6.45) is 3.42. The summed E-state index contributed by atoms with van der Waals surface area (Å²) in [7, 11) is 0. The molecule has 1 atom stereocenters. The Labute approximate surface area is 123 Å². The fourth-order valence-corrected chi connectivity index (χ4v) is 3.38. The van der Waals surface area contributed by atoms with Crippen molar-refractivity contribution in [2.24, 2.45) is 0 Å². The van der Waals surface area contributed by atoms with Crippen molar-refractivity contribution in [1.29, 1.82) is 0 Å². The van der Waals surface area contributed by atoms with Crippen molar-refractivity contribution in [3.63, 3.8) is 0 Å². The van der Waals surface area contributed by atoms with E-state index < -0.39 is 0 Å². The average Bonchev–Trinajstić information content (AvgIpc) is 2.85. The molecule has 96 valence electrons. The highest BCUT2D eigenvalue weighted by molar-refractivity contribution is 9.10. The molecule has 0 radical (unpaired) electrons. The maximum absolute atomic E-state index is 4.32. The molecule has 3 nitrogen and oxygen atoms in total. The lowest BCUT2D eigenvalue weighted by atomic mass is 10.2. The van der Waals surface area contributed by atoms with E-state index >= 15 is 0 Å². The Bertz CT molecular complexity index is 710. The number of anilines is 1. The van der Waals surface area contributed by atoms with Crippen molar-refractivity contribution in [2.75, 3.05) is 5.32 Å². The van der Waals surface area contributed by atoms with Gasteiger partial charge in [-0.05, 0) is 47.1 Å². The van der Waals surface area contributed by atoms with Crippen LogP contribution in [0.3, 0.4) is 0 Å². The minimum Gasteiger partial charge on any atom is -0.378 e. The van der Waals surface area contributed by atoms with Gasteiger partial charge in [0.1, 0.15) is 0 Å². The van der Waals surface area contributed by atoms with Crippen LogP contribution in [0.4, 0.5) is 5.69 Å². The summed E-state index contributed by atoms with van der Waals surface area (Å²) in [5, 5.41) is 5.58. The van der Waals surface area contributed by atoms with Gasteiger partial charge in [0.25, 0.3) is 0 Å². The van der Waals surface area contributed by atoms with Crippen molar-refractivity contribution >= 4 is 44.0 Å². The molecule has 0 amide bonds. The molecule has 19 heavy (non-hydrogen) atoms. The third kappa shape index (κ3) is 2.77. The summed E-state index contributed by atoms with van der Waals surface area (Å²) in [6.45, 7) is 2.15. The van der Waals surface area contributed by atoms with Gasteiger partial charge >= 0.3 is 0 Å². The summed E-state index contributed by atoms with van der Waals surface area (Å²) in [4.78, 5) is 9.88. The van der Waals surface area contributed by atoms with Crippen LogP contribution in [0.2, 0.25) is 0 Å². The number of aromatic nitrogens is 2. The topological polar surface area (TPSA) is 37.8 Å². The number of nitrogens with zero attached hydrogens (tertiary/aromatic N) is 2. The summed E-state index contributed by atoms with van der Waals surface area (Å²) in [5.74, 6) is 0. The minimum absolute atomic E-state index is 0.269. The van der Waals surface area contributed by atoms with Crippen molar-refractivity contribution in [2.45, 2.75) is 13.0 Å². The first-order valence-corrected chi connectivity index (χ1v) is 7.61. The van der Waals surface area contributed by atoms with Gasteiger partial charge in [0.05, 0.1) is 17.1 Å². The first-order valence-electron chi connectivity index (χ1n) is 5.93. The molecular formula is C14H12BrN3S. The Kier molecular flexibility index (Phi) is 3.48. The predicted molar refractivity (Wildman–Crippen MR) is 83.6 cm³/mol. The van der Waals surface area contributed by atoms with Gasteiger partial charge in [-0.25, -0.2) is 0 Å². The Balaban J connectivity index is 1.84. The van der Waals surface area contributed by atoms with E-state index in [9.17, 15) is 0 Å². The largest absolute Gasteiger partial charge is 0.378 e. The highest BCUT2D eigenvalue weighted by Crippen LogP contribution is 2.28. The molecule has 3 aromatic rings. The quantitative estimate of drug-likeness (QED) is 0.759. The number of hydrogen-bond donors (Lipinski definition) is 1. The van der Waals surface area contributed by atoms with Gasteiger partial charge in [-0.2, -0.15) is 0 Å². The number of halogens is 1. The van der Waals surface area contributed by atoms with Crippen LogP contribution in [0.15, 0.2) is 46.5 Å². The molecule has 1 aromatic carbocycles. The van der Waals surface area contributed by atoms with Crippen LogP contribution in [0.1, 0.15) is 17.8 Å². The Morgan fingerprint density at radius 1 is 1.16 bits per heavy atom. The van der Waals surface area contributed by atoms with E-state index in [-0.39, 0.29) is 6.04 Å². The number of hydrogen-bond acceptors (Lipinski definition) is 4. The molecule has 0 aliphatic heterocycles. The maximum Gasteiger partial charge on any atom is 0.0907 e. The molecule has 0 aliphatic rings. The number of rotatable bonds is 3. The van der Waals surface area contributed by atoms with Crippen LogP contribution in [-0.2, 0) is 0 Å². The van der Waals surface area contributed by atoms with Gasteiger partial charge in [-0.1, -0.05) is 0 Å². The molecule has 0 spiro atoms. The smallest absolute Gasteiger partial charge is 0.0907 e. The summed E-state index contributed by atoms with van der Waals surface area (Å²) >= 11 is 5.23. The highest BCUT2D eigenvalue weighted by atomic mass is 79.9. The fourth-order valence-electron chi connectivity index (χ4n) is 1.93. The lowest BCUT2D eigenvalue weighted by Crippen LogP contribution is -2.04. The summed E-state index contributed by atoms with van der Waals surface area (Å²) in [6, 6.07) is 8.47. The third-order valence-corrected chi connectivity index (χ3v) is 4.74. The number of benzene rings is 1. The van der Waals surface area contributed by atoms with Gasteiger partial charge in [-0.3, -0.25) is 9.97 Å². The van der Waals surface area contributed by atoms with Crippen LogP contribution in [0.5, 0.6) is 0 Å².